The maximum atomic E-state index is 12.2. The highest BCUT2D eigenvalue weighted by Crippen LogP contribution is 2.40. The van der Waals surface area contributed by atoms with E-state index < -0.39 is 6.10 Å². The second-order valence-electron chi connectivity index (χ2n) is 5.86. The minimum Gasteiger partial charge on any atom is -0.390 e. The van der Waals surface area contributed by atoms with Crippen molar-refractivity contribution in [3.8, 4) is 0 Å². The zero-order valence-electron chi connectivity index (χ0n) is 11.9. The molecule has 0 fully saturated rings. The third kappa shape index (κ3) is 3.58. The summed E-state index contributed by atoms with van der Waals surface area (Å²) in [6.45, 7) is 6.40. The lowest BCUT2D eigenvalue weighted by atomic mass is 10.1. The number of rotatable bonds is 4. The lowest BCUT2D eigenvalue weighted by molar-refractivity contribution is -0.138. The van der Waals surface area contributed by atoms with Gasteiger partial charge in [-0.1, -0.05) is 0 Å². The van der Waals surface area contributed by atoms with Gasteiger partial charge in [-0.15, -0.1) is 23.5 Å². The SMILES string of the molecule is CC(C)(C)NCC(O)CN1C(=O)C2=C(SCCS2)C1=O. The minimum absolute atomic E-state index is 0.0505. The molecule has 112 valence electrons. The molecule has 20 heavy (non-hydrogen) atoms. The molecule has 0 aliphatic carbocycles. The molecular formula is C13H20N2O3S2. The van der Waals surface area contributed by atoms with Crippen molar-refractivity contribution in [2.24, 2.45) is 0 Å². The predicted octanol–water partition coefficient (Wildman–Crippen LogP) is 0.796. The van der Waals surface area contributed by atoms with Gasteiger partial charge in [-0.25, -0.2) is 0 Å². The monoisotopic (exact) mass is 316 g/mol. The van der Waals surface area contributed by atoms with Gasteiger partial charge in [0.25, 0.3) is 11.8 Å². The maximum absolute atomic E-state index is 12.2. The maximum Gasteiger partial charge on any atom is 0.268 e. The summed E-state index contributed by atoms with van der Waals surface area (Å²) in [4.78, 5) is 26.6. The fourth-order valence-electron chi connectivity index (χ4n) is 1.94. The van der Waals surface area contributed by atoms with Gasteiger partial charge >= 0.3 is 0 Å². The molecule has 0 aromatic rings. The molecule has 2 N–H and O–H groups in total. The second-order valence-corrected chi connectivity index (χ2v) is 8.07. The smallest absolute Gasteiger partial charge is 0.268 e. The summed E-state index contributed by atoms with van der Waals surface area (Å²) in [5, 5.41) is 13.2. The fourth-order valence-corrected chi connectivity index (χ4v) is 4.27. The molecule has 0 aromatic heterocycles. The number of hydrogen-bond acceptors (Lipinski definition) is 6. The highest BCUT2D eigenvalue weighted by molar-refractivity contribution is 8.11. The van der Waals surface area contributed by atoms with Crippen molar-refractivity contribution >= 4 is 35.3 Å². The number of β-amino-alcohol motifs (C(OH)–C–C–N with tert-alkyl or cyclic N) is 1. The Labute approximate surface area is 127 Å². The molecule has 0 spiro atoms. The van der Waals surface area contributed by atoms with Crippen molar-refractivity contribution in [3.63, 3.8) is 0 Å². The van der Waals surface area contributed by atoms with E-state index in [2.05, 4.69) is 5.32 Å². The van der Waals surface area contributed by atoms with Gasteiger partial charge in [0.05, 0.1) is 22.5 Å². The minimum atomic E-state index is -0.751. The molecule has 1 atom stereocenters. The van der Waals surface area contributed by atoms with Crippen LogP contribution in [-0.4, -0.2) is 58.1 Å². The number of aliphatic hydroxyl groups is 1. The van der Waals surface area contributed by atoms with E-state index in [1.165, 1.54) is 28.4 Å². The van der Waals surface area contributed by atoms with Gasteiger partial charge in [-0.2, -0.15) is 0 Å². The van der Waals surface area contributed by atoms with Crippen LogP contribution in [0.5, 0.6) is 0 Å². The average molecular weight is 316 g/mol. The quantitative estimate of drug-likeness (QED) is 0.748. The average Bonchev–Trinajstić information content (AvgIpc) is 2.62. The third-order valence-corrected chi connectivity index (χ3v) is 5.46. The Morgan fingerprint density at radius 3 is 2.15 bits per heavy atom. The number of imide groups is 1. The van der Waals surface area contributed by atoms with Crippen LogP contribution in [0, 0.1) is 0 Å². The molecule has 0 saturated carbocycles. The summed E-state index contributed by atoms with van der Waals surface area (Å²) >= 11 is 2.89. The van der Waals surface area contributed by atoms with Crippen LogP contribution in [0.2, 0.25) is 0 Å². The van der Waals surface area contributed by atoms with E-state index in [0.29, 0.717) is 16.4 Å². The Morgan fingerprint density at radius 2 is 1.70 bits per heavy atom. The zero-order chi connectivity index (χ0) is 14.9. The molecule has 2 rings (SSSR count). The molecule has 0 radical (unpaired) electrons. The number of thioether (sulfide) groups is 2. The molecule has 0 saturated heterocycles. The first-order valence-corrected chi connectivity index (χ1v) is 8.56. The first-order chi connectivity index (χ1) is 9.29. The molecule has 2 aliphatic rings. The fraction of sp³-hybridized carbons (Fsp3) is 0.692. The number of aliphatic hydroxyl groups excluding tert-OH is 1. The Kier molecular flexibility index (Phi) is 4.84. The van der Waals surface area contributed by atoms with Crippen LogP contribution in [0.25, 0.3) is 0 Å². The topological polar surface area (TPSA) is 69.6 Å². The van der Waals surface area contributed by atoms with Crippen LogP contribution >= 0.6 is 23.5 Å². The van der Waals surface area contributed by atoms with Crippen molar-refractivity contribution in [1.82, 2.24) is 10.2 Å². The van der Waals surface area contributed by atoms with Gasteiger partial charge in [0.1, 0.15) is 0 Å². The molecular weight excluding hydrogens is 296 g/mol. The molecule has 7 heteroatoms. The summed E-state index contributed by atoms with van der Waals surface area (Å²) in [6.07, 6.45) is -0.751. The highest BCUT2D eigenvalue weighted by atomic mass is 32.2. The van der Waals surface area contributed by atoms with Crippen LogP contribution in [0.4, 0.5) is 0 Å². The molecule has 2 aliphatic heterocycles. The summed E-state index contributed by atoms with van der Waals surface area (Å²) in [5.74, 6) is 1.20. The van der Waals surface area contributed by atoms with Gasteiger partial charge in [0.15, 0.2) is 0 Å². The Bertz CT molecular complexity index is 429. The van der Waals surface area contributed by atoms with Gasteiger partial charge in [-0.3, -0.25) is 14.5 Å². The molecule has 2 amide bonds. The van der Waals surface area contributed by atoms with Gasteiger partial charge < -0.3 is 10.4 Å². The molecule has 5 nitrogen and oxygen atoms in total. The lowest BCUT2D eigenvalue weighted by Gasteiger charge is -2.25. The van der Waals surface area contributed by atoms with Crippen molar-refractivity contribution in [2.75, 3.05) is 24.6 Å². The number of amides is 2. The summed E-state index contributed by atoms with van der Waals surface area (Å²) in [5.41, 5.74) is -0.108. The first-order valence-electron chi connectivity index (χ1n) is 6.59. The molecule has 1 unspecified atom stereocenters. The van der Waals surface area contributed by atoms with E-state index in [9.17, 15) is 14.7 Å². The first kappa shape index (κ1) is 15.9. The summed E-state index contributed by atoms with van der Waals surface area (Å²) in [7, 11) is 0. The number of carbonyl (C=O) groups excluding carboxylic acids is 2. The number of nitrogens with one attached hydrogen (secondary N) is 1. The van der Waals surface area contributed by atoms with E-state index in [0.717, 1.165) is 11.5 Å². The zero-order valence-corrected chi connectivity index (χ0v) is 13.6. The van der Waals surface area contributed by atoms with Crippen LogP contribution < -0.4 is 5.32 Å². The third-order valence-electron chi connectivity index (χ3n) is 2.92. The van der Waals surface area contributed by atoms with E-state index in [1.807, 2.05) is 20.8 Å². The summed E-state index contributed by atoms with van der Waals surface area (Å²) < 4.78 is 0. The van der Waals surface area contributed by atoms with Crippen molar-refractivity contribution in [1.29, 1.82) is 0 Å². The summed E-state index contributed by atoms with van der Waals surface area (Å²) in [6, 6.07) is 0. The molecule has 0 bridgehead atoms. The van der Waals surface area contributed by atoms with E-state index in [1.54, 1.807) is 0 Å². The van der Waals surface area contributed by atoms with Crippen LogP contribution in [0.3, 0.4) is 0 Å². The van der Waals surface area contributed by atoms with E-state index >= 15 is 0 Å². The van der Waals surface area contributed by atoms with Crippen molar-refractivity contribution in [3.05, 3.63) is 9.81 Å². The van der Waals surface area contributed by atoms with Crippen LogP contribution in [0.15, 0.2) is 9.81 Å². The van der Waals surface area contributed by atoms with Crippen molar-refractivity contribution < 1.29 is 14.7 Å². The molecule has 0 aromatic carbocycles. The number of hydrogen-bond donors (Lipinski definition) is 2. The largest absolute Gasteiger partial charge is 0.390 e. The second kappa shape index (κ2) is 6.09. The highest BCUT2D eigenvalue weighted by Gasteiger charge is 2.40. The number of carbonyl (C=O) groups is 2. The van der Waals surface area contributed by atoms with Gasteiger partial charge in [-0.05, 0) is 20.8 Å². The van der Waals surface area contributed by atoms with Crippen LogP contribution in [-0.2, 0) is 9.59 Å². The van der Waals surface area contributed by atoms with Gasteiger partial charge in [0.2, 0.25) is 0 Å². The van der Waals surface area contributed by atoms with E-state index in [-0.39, 0.29) is 23.9 Å². The standard InChI is InChI=1S/C13H20N2O3S2/c1-13(2,3)14-6-8(16)7-15-11(17)9-10(12(15)18)20-5-4-19-9/h8,14,16H,4-7H2,1-3H3. The van der Waals surface area contributed by atoms with Crippen LogP contribution in [0.1, 0.15) is 20.8 Å². The normalized spacial score (nSPS) is 21.5. The van der Waals surface area contributed by atoms with Crippen molar-refractivity contribution in [2.45, 2.75) is 32.4 Å². The Morgan fingerprint density at radius 1 is 1.20 bits per heavy atom. The van der Waals surface area contributed by atoms with Gasteiger partial charge in [0, 0.05) is 23.6 Å². The lowest BCUT2D eigenvalue weighted by Crippen LogP contribution is -2.46. The molecule has 2 heterocycles. The number of nitrogens with zero attached hydrogens (tertiary/aromatic N) is 1. The van der Waals surface area contributed by atoms with E-state index in [4.69, 9.17) is 0 Å². The predicted molar refractivity (Wildman–Crippen MR) is 82.4 cm³/mol. The Balaban J connectivity index is 1.94. The Hall–Kier alpha value is -0.500.